The highest BCUT2D eigenvalue weighted by Gasteiger charge is 2.20. The molecule has 1 aliphatic rings. The largest absolute Gasteiger partial charge is 0.440 e. The van der Waals surface area contributed by atoms with Crippen molar-refractivity contribution in [1.82, 2.24) is 14.8 Å². The molecule has 1 saturated heterocycles. The lowest BCUT2D eigenvalue weighted by Gasteiger charge is -2.34. The van der Waals surface area contributed by atoms with Crippen molar-refractivity contribution in [3.8, 4) is 10.8 Å². The van der Waals surface area contributed by atoms with Crippen LogP contribution in [-0.2, 0) is 13.1 Å². The van der Waals surface area contributed by atoms with Crippen molar-refractivity contribution in [2.75, 3.05) is 26.2 Å². The van der Waals surface area contributed by atoms with Gasteiger partial charge in [0.1, 0.15) is 5.76 Å². The molecule has 4 nitrogen and oxygen atoms in total. The molecule has 3 aromatic rings. The zero-order chi connectivity index (χ0) is 17.9. The van der Waals surface area contributed by atoms with Gasteiger partial charge >= 0.3 is 0 Å². The van der Waals surface area contributed by atoms with E-state index in [2.05, 4.69) is 52.4 Å². The Morgan fingerprint density at radius 2 is 1.77 bits per heavy atom. The van der Waals surface area contributed by atoms with Crippen LogP contribution in [0.15, 0.2) is 46.2 Å². The van der Waals surface area contributed by atoms with Crippen molar-refractivity contribution < 1.29 is 4.42 Å². The standard InChI is InChI=1S/C21H25N3OS/c1-16-5-3-6-18(13-16)14-23-8-10-24(11-9-23)15-19-17(2)25-21(22-19)20-7-4-12-26-20/h3-7,12-13H,8-11,14-15H2,1-2H3. The summed E-state index contributed by atoms with van der Waals surface area (Å²) >= 11 is 1.67. The summed E-state index contributed by atoms with van der Waals surface area (Å²) in [6.07, 6.45) is 0. The van der Waals surface area contributed by atoms with E-state index in [1.165, 1.54) is 11.1 Å². The molecule has 0 atom stereocenters. The van der Waals surface area contributed by atoms with Crippen LogP contribution in [-0.4, -0.2) is 41.0 Å². The molecule has 0 aliphatic carbocycles. The number of aromatic nitrogens is 1. The third-order valence-corrected chi connectivity index (χ3v) is 5.81. The highest BCUT2D eigenvalue weighted by atomic mass is 32.1. The first kappa shape index (κ1) is 17.5. The van der Waals surface area contributed by atoms with Gasteiger partial charge in [-0.2, -0.15) is 0 Å². The zero-order valence-corrected chi connectivity index (χ0v) is 16.3. The number of nitrogens with zero attached hydrogens (tertiary/aromatic N) is 3. The van der Waals surface area contributed by atoms with Crippen molar-refractivity contribution in [2.24, 2.45) is 0 Å². The Hall–Kier alpha value is -1.95. The summed E-state index contributed by atoms with van der Waals surface area (Å²) in [7, 11) is 0. The Morgan fingerprint density at radius 3 is 2.46 bits per heavy atom. The Labute approximate surface area is 159 Å². The molecule has 2 aromatic heterocycles. The summed E-state index contributed by atoms with van der Waals surface area (Å²) in [6, 6.07) is 12.9. The molecule has 5 heteroatoms. The molecular weight excluding hydrogens is 342 g/mol. The lowest BCUT2D eigenvalue weighted by Crippen LogP contribution is -2.45. The molecule has 1 aliphatic heterocycles. The van der Waals surface area contributed by atoms with E-state index in [4.69, 9.17) is 9.40 Å². The fourth-order valence-electron chi connectivity index (χ4n) is 3.47. The molecular formula is C21H25N3OS. The van der Waals surface area contributed by atoms with Gasteiger partial charge in [0.15, 0.2) is 0 Å². The van der Waals surface area contributed by atoms with Gasteiger partial charge in [0.25, 0.3) is 0 Å². The topological polar surface area (TPSA) is 32.5 Å². The highest BCUT2D eigenvalue weighted by Crippen LogP contribution is 2.26. The molecule has 1 aromatic carbocycles. The lowest BCUT2D eigenvalue weighted by molar-refractivity contribution is 0.120. The molecule has 0 unspecified atom stereocenters. The second-order valence-electron chi connectivity index (χ2n) is 7.04. The Morgan fingerprint density at radius 1 is 1.00 bits per heavy atom. The number of oxazole rings is 1. The number of benzene rings is 1. The van der Waals surface area contributed by atoms with Crippen LogP contribution in [0.1, 0.15) is 22.6 Å². The monoisotopic (exact) mass is 367 g/mol. The molecule has 0 N–H and O–H groups in total. The SMILES string of the molecule is Cc1cccc(CN2CCN(Cc3nc(-c4cccs4)oc3C)CC2)c1. The minimum Gasteiger partial charge on any atom is -0.440 e. The van der Waals surface area contributed by atoms with Gasteiger partial charge in [-0.1, -0.05) is 35.9 Å². The van der Waals surface area contributed by atoms with Gasteiger partial charge in [-0.15, -0.1) is 11.3 Å². The van der Waals surface area contributed by atoms with Crippen LogP contribution >= 0.6 is 11.3 Å². The maximum atomic E-state index is 5.87. The lowest BCUT2D eigenvalue weighted by atomic mass is 10.1. The summed E-state index contributed by atoms with van der Waals surface area (Å²) in [4.78, 5) is 10.9. The molecule has 1 fully saturated rings. The number of hydrogen-bond donors (Lipinski definition) is 0. The van der Waals surface area contributed by atoms with Crippen molar-refractivity contribution in [2.45, 2.75) is 26.9 Å². The van der Waals surface area contributed by atoms with E-state index in [0.29, 0.717) is 0 Å². The van der Waals surface area contributed by atoms with Gasteiger partial charge in [-0.05, 0) is 30.9 Å². The number of rotatable bonds is 5. The van der Waals surface area contributed by atoms with Gasteiger partial charge in [-0.25, -0.2) is 4.98 Å². The first-order chi connectivity index (χ1) is 12.7. The minimum absolute atomic E-state index is 0.755. The number of hydrogen-bond acceptors (Lipinski definition) is 5. The predicted molar refractivity (Wildman–Crippen MR) is 106 cm³/mol. The van der Waals surface area contributed by atoms with Gasteiger partial charge in [0.2, 0.25) is 5.89 Å². The second kappa shape index (κ2) is 7.74. The van der Waals surface area contributed by atoms with Crippen molar-refractivity contribution in [3.05, 3.63) is 64.4 Å². The third kappa shape index (κ3) is 4.06. The number of piperazine rings is 1. The van der Waals surface area contributed by atoms with Crippen LogP contribution in [0.2, 0.25) is 0 Å². The van der Waals surface area contributed by atoms with Crippen LogP contribution in [0.25, 0.3) is 10.8 Å². The third-order valence-electron chi connectivity index (χ3n) is 4.95. The molecule has 4 rings (SSSR count). The van der Waals surface area contributed by atoms with Crippen LogP contribution in [0, 0.1) is 13.8 Å². The van der Waals surface area contributed by atoms with Crippen LogP contribution < -0.4 is 0 Å². The Kier molecular flexibility index (Phi) is 5.20. The first-order valence-corrected chi connectivity index (χ1v) is 10.1. The summed E-state index contributed by atoms with van der Waals surface area (Å²) in [5.41, 5.74) is 3.82. The minimum atomic E-state index is 0.755. The molecule has 3 heterocycles. The molecule has 0 spiro atoms. The van der Waals surface area contributed by atoms with E-state index < -0.39 is 0 Å². The molecule has 0 radical (unpaired) electrons. The zero-order valence-electron chi connectivity index (χ0n) is 15.4. The first-order valence-electron chi connectivity index (χ1n) is 9.18. The summed E-state index contributed by atoms with van der Waals surface area (Å²) in [6.45, 7) is 10.4. The summed E-state index contributed by atoms with van der Waals surface area (Å²) < 4.78 is 5.87. The van der Waals surface area contributed by atoms with Gasteiger partial charge in [0, 0.05) is 39.3 Å². The van der Waals surface area contributed by atoms with Crippen molar-refractivity contribution in [3.63, 3.8) is 0 Å². The summed E-state index contributed by atoms with van der Waals surface area (Å²) in [5, 5.41) is 2.06. The molecule has 26 heavy (non-hydrogen) atoms. The van der Waals surface area contributed by atoms with E-state index >= 15 is 0 Å². The Balaban J connectivity index is 1.33. The van der Waals surface area contributed by atoms with E-state index in [9.17, 15) is 0 Å². The second-order valence-corrected chi connectivity index (χ2v) is 7.99. The molecule has 0 saturated carbocycles. The summed E-state index contributed by atoms with van der Waals surface area (Å²) in [5.74, 6) is 1.70. The normalized spacial score (nSPS) is 16.2. The van der Waals surface area contributed by atoms with Crippen molar-refractivity contribution in [1.29, 1.82) is 0 Å². The van der Waals surface area contributed by atoms with Crippen molar-refractivity contribution >= 4 is 11.3 Å². The average molecular weight is 368 g/mol. The maximum absolute atomic E-state index is 5.87. The fourth-order valence-corrected chi connectivity index (χ4v) is 4.12. The van der Waals surface area contributed by atoms with E-state index in [1.54, 1.807) is 11.3 Å². The van der Waals surface area contributed by atoms with Gasteiger partial charge in [0.05, 0.1) is 10.6 Å². The van der Waals surface area contributed by atoms with Gasteiger partial charge < -0.3 is 4.42 Å². The van der Waals surface area contributed by atoms with E-state index in [1.807, 2.05) is 13.0 Å². The smallest absolute Gasteiger partial charge is 0.236 e. The van der Waals surface area contributed by atoms with E-state index in [-0.39, 0.29) is 0 Å². The van der Waals surface area contributed by atoms with E-state index in [0.717, 1.165) is 61.5 Å². The molecule has 0 bridgehead atoms. The van der Waals surface area contributed by atoms with Crippen LogP contribution in [0.4, 0.5) is 0 Å². The molecule has 0 amide bonds. The van der Waals surface area contributed by atoms with Crippen LogP contribution in [0.5, 0.6) is 0 Å². The fraction of sp³-hybridized carbons (Fsp3) is 0.381. The van der Waals surface area contributed by atoms with Crippen LogP contribution in [0.3, 0.4) is 0 Å². The number of thiophene rings is 1. The quantitative estimate of drug-likeness (QED) is 0.672. The Bertz CT molecular complexity index is 848. The molecule has 136 valence electrons. The maximum Gasteiger partial charge on any atom is 0.236 e. The average Bonchev–Trinajstić information content (AvgIpc) is 3.27. The van der Waals surface area contributed by atoms with Gasteiger partial charge in [-0.3, -0.25) is 9.80 Å². The predicted octanol–water partition coefficient (Wildman–Crippen LogP) is 4.34. The number of aryl methyl sites for hydroxylation is 2. The highest BCUT2D eigenvalue weighted by molar-refractivity contribution is 7.13.